The Morgan fingerprint density at radius 1 is 1.25 bits per heavy atom. The van der Waals surface area contributed by atoms with Crippen LogP contribution >= 0.6 is 0 Å². The van der Waals surface area contributed by atoms with E-state index in [1.165, 1.54) is 23.2 Å². The number of nitrogens with one attached hydrogen (secondary N) is 1. The van der Waals surface area contributed by atoms with Crippen LogP contribution in [0.2, 0.25) is 0 Å². The normalized spacial score (nSPS) is 12.6. The Morgan fingerprint density at radius 2 is 2.05 bits per heavy atom. The van der Waals surface area contributed by atoms with Gasteiger partial charge in [0.2, 0.25) is 0 Å². The SMILES string of the molecule is CNCC(CCc1ccnn1C)Cc1ccccc1C. The van der Waals surface area contributed by atoms with Crippen molar-refractivity contribution in [3.63, 3.8) is 0 Å². The van der Waals surface area contributed by atoms with Crippen LogP contribution in [0.4, 0.5) is 0 Å². The molecule has 1 heterocycles. The zero-order valence-electron chi connectivity index (χ0n) is 12.8. The fourth-order valence-electron chi connectivity index (χ4n) is 2.71. The lowest BCUT2D eigenvalue weighted by Gasteiger charge is -2.18. The molecule has 0 saturated carbocycles. The van der Waals surface area contributed by atoms with Gasteiger partial charge in [0.05, 0.1) is 0 Å². The number of nitrogens with zero attached hydrogens (tertiary/aromatic N) is 2. The van der Waals surface area contributed by atoms with Gasteiger partial charge in [0.25, 0.3) is 0 Å². The van der Waals surface area contributed by atoms with Crippen molar-refractivity contribution in [3.05, 3.63) is 53.3 Å². The van der Waals surface area contributed by atoms with E-state index in [4.69, 9.17) is 0 Å². The zero-order chi connectivity index (χ0) is 14.4. The van der Waals surface area contributed by atoms with Gasteiger partial charge in [-0.1, -0.05) is 24.3 Å². The smallest absolute Gasteiger partial charge is 0.0492 e. The second-order valence-electron chi connectivity index (χ2n) is 5.54. The summed E-state index contributed by atoms with van der Waals surface area (Å²) in [7, 11) is 4.05. The lowest BCUT2D eigenvalue weighted by Crippen LogP contribution is -2.22. The van der Waals surface area contributed by atoms with Crippen molar-refractivity contribution in [3.8, 4) is 0 Å². The Balaban J connectivity index is 1.97. The molecule has 1 N–H and O–H groups in total. The van der Waals surface area contributed by atoms with Gasteiger partial charge in [0, 0.05) is 18.9 Å². The summed E-state index contributed by atoms with van der Waals surface area (Å²) in [6.45, 7) is 3.26. The van der Waals surface area contributed by atoms with Crippen LogP contribution in [0.5, 0.6) is 0 Å². The van der Waals surface area contributed by atoms with Crippen LogP contribution in [0.15, 0.2) is 36.5 Å². The predicted octanol–water partition coefficient (Wildman–Crippen LogP) is 2.74. The van der Waals surface area contributed by atoms with Gasteiger partial charge in [-0.25, -0.2) is 0 Å². The van der Waals surface area contributed by atoms with E-state index < -0.39 is 0 Å². The Kier molecular flexibility index (Phi) is 5.36. The summed E-state index contributed by atoms with van der Waals surface area (Å²) < 4.78 is 1.98. The van der Waals surface area contributed by atoms with Gasteiger partial charge in [0.1, 0.15) is 0 Å². The summed E-state index contributed by atoms with van der Waals surface area (Å²) >= 11 is 0. The molecule has 108 valence electrons. The molecule has 0 radical (unpaired) electrons. The monoisotopic (exact) mass is 271 g/mol. The first kappa shape index (κ1) is 14.8. The molecule has 0 aliphatic heterocycles. The second-order valence-corrected chi connectivity index (χ2v) is 5.54. The number of benzene rings is 1. The second kappa shape index (κ2) is 7.25. The van der Waals surface area contributed by atoms with Gasteiger partial charge >= 0.3 is 0 Å². The average molecular weight is 271 g/mol. The molecule has 0 fully saturated rings. The largest absolute Gasteiger partial charge is 0.319 e. The van der Waals surface area contributed by atoms with Gasteiger partial charge in [0.15, 0.2) is 0 Å². The molecule has 0 bridgehead atoms. The Bertz CT molecular complexity index is 531. The van der Waals surface area contributed by atoms with Crippen molar-refractivity contribution in [2.75, 3.05) is 13.6 Å². The maximum atomic E-state index is 4.24. The van der Waals surface area contributed by atoms with Gasteiger partial charge in [-0.3, -0.25) is 4.68 Å². The molecule has 0 aliphatic rings. The summed E-state index contributed by atoms with van der Waals surface area (Å²) in [6, 6.07) is 10.8. The van der Waals surface area contributed by atoms with E-state index in [9.17, 15) is 0 Å². The van der Waals surface area contributed by atoms with Crippen molar-refractivity contribution in [1.29, 1.82) is 0 Å². The molecule has 1 aromatic carbocycles. The van der Waals surface area contributed by atoms with Crippen LogP contribution in [0.25, 0.3) is 0 Å². The third-order valence-corrected chi connectivity index (χ3v) is 3.99. The maximum absolute atomic E-state index is 4.24. The molecule has 0 amide bonds. The van der Waals surface area contributed by atoms with Gasteiger partial charge in [-0.2, -0.15) is 5.10 Å². The average Bonchev–Trinajstić information content (AvgIpc) is 2.84. The van der Waals surface area contributed by atoms with E-state index in [1.807, 2.05) is 25.0 Å². The van der Waals surface area contributed by atoms with Crippen molar-refractivity contribution in [2.24, 2.45) is 13.0 Å². The Hall–Kier alpha value is -1.61. The van der Waals surface area contributed by atoms with Crippen LogP contribution in [0, 0.1) is 12.8 Å². The molecule has 3 nitrogen and oxygen atoms in total. The highest BCUT2D eigenvalue weighted by Crippen LogP contribution is 2.17. The fourth-order valence-corrected chi connectivity index (χ4v) is 2.71. The number of hydrogen-bond donors (Lipinski definition) is 1. The standard InChI is InChI=1S/C17H25N3/c1-14-6-4-5-7-16(14)12-15(13-18-2)8-9-17-10-11-19-20(17)3/h4-7,10-11,15,18H,8-9,12-13H2,1-3H3. The van der Waals surface area contributed by atoms with E-state index in [0.29, 0.717) is 5.92 Å². The summed E-state index contributed by atoms with van der Waals surface area (Å²) in [5.74, 6) is 0.663. The van der Waals surface area contributed by atoms with Crippen molar-refractivity contribution in [2.45, 2.75) is 26.2 Å². The van der Waals surface area contributed by atoms with E-state index >= 15 is 0 Å². The number of aromatic nitrogens is 2. The molecule has 1 aromatic heterocycles. The third kappa shape index (κ3) is 3.94. The molecule has 0 spiro atoms. The highest BCUT2D eigenvalue weighted by atomic mass is 15.2. The van der Waals surface area contributed by atoms with Crippen LogP contribution in [-0.4, -0.2) is 23.4 Å². The molecule has 1 unspecified atom stereocenters. The van der Waals surface area contributed by atoms with E-state index in [1.54, 1.807) is 0 Å². The van der Waals surface area contributed by atoms with Gasteiger partial charge in [-0.15, -0.1) is 0 Å². The highest BCUT2D eigenvalue weighted by molar-refractivity contribution is 5.26. The first-order valence-electron chi connectivity index (χ1n) is 7.36. The first-order chi connectivity index (χ1) is 9.70. The summed E-state index contributed by atoms with van der Waals surface area (Å²) in [5.41, 5.74) is 4.18. The molecule has 2 aromatic rings. The van der Waals surface area contributed by atoms with Crippen LogP contribution in [-0.2, 0) is 19.9 Å². The van der Waals surface area contributed by atoms with Crippen molar-refractivity contribution >= 4 is 0 Å². The minimum Gasteiger partial charge on any atom is -0.319 e. The lowest BCUT2D eigenvalue weighted by atomic mass is 9.92. The molecule has 0 saturated heterocycles. The van der Waals surface area contributed by atoms with Crippen molar-refractivity contribution in [1.82, 2.24) is 15.1 Å². The number of aryl methyl sites for hydroxylation is 3. The summed E-state index contributed by atoms with van der Waals surface area (Å²) in [6.07, 6.45) is 5.30. The van der Waals surface area contributed by atoms with Gasteiger partial charge < -0.3 is 5.32 Å². The molecule has 20 heavy (non-hydrogen) atoms. The maximum Gasteiger partial charge on any atom is 0.0492 e. The number of rotatable bonds is 7. The number of hydrogen-bond acceptors (Lipinski definition) is 2. The molecule has 1 atom stereocenters. The lowest BCUT2D eigenvalue weighted by molar-refractivity contribution is 0.454. The summed E-state index contributed by atoms with van der Waals surface area (Å²) in [5, 5.41) is 7.57. The first-order valence-corrected chi connectivity index (χ1v) is 7.36. The van der Waals surface area contributed by atoms with E-state index in [0.717, 1.165) is 19.4 Å². The van der Waals surface area contributed by atoms with Crippen LogP contribution in [0.1, 0.15) is 23.2 Å². The minimum atomic E-state index is 0.663. The molecular formula is C17H25N3. The molecule has 0 aliphatic carbocycles. The van der Waals surface area contributed by atoms with E-state index in [-0.39, 0.29) is 0 Å². The highest BCUT2D eigenvalue weighted by Gasteiger charge is 2.11. The predicted molar refractivity (Wildman–Crippen MR) is 83.8 cm³/mol. The van der Waals surface area contributed by atoms with Gasteiger partial charge in [-0.05, 0) is 62.9 Å². The van der Waals surface area contributed by atoms with E-state index in [2.05, 4.69) is 47.7 Å². The topological polar surface area (TPSA) is 29.9 Å². The fraction of sp³-hybridized carbons (Fsp3) is 0.471. The Morgan fingerprint density at radius 3 is 2.70 bits per heavy atom. The zero-order valence-corrected chi connectivity index (χ0v) is 12.8. The minimum absolute atomic E-state index is 0.663. The van der Waals surface area contributed by atoms with Crippen molar-refractivity contribution < 1.29 is 0 Å². The molecule has 3 heteroatoms. The summed E-state index contributed by atoms with van der Waals surface area (Å²) in [4.78, 5) is 0. The molecular weight excluding hydrogens is 246 g/mol. The third-order valence-electron chi connectivity index (χ3n) is 3.99. The van der Waals surface area contributed by atoms with Crippen LogP contribution in [0.3, 0.4) is 0 Å². The Labute approximate surface area is 122 Å². The quantitative estimate of drug-likeness (QED) is 0.839. The van der Waals surface area contributed by atoms with Crippen LogP contribution < -0.4 is 5.32 Å². The molecule has 2 rings (SSSR count).